The van der Waals surface area contributed by atoms with E-state index in [1.54, 1.807) is 6.20 Å². The van der Waals surface area contributed by atoms with Crippen LogP contribution in [0.25, 0.3) is 0 Å². The molecule has 3 unspecified atom stereocenters. The van der Waals surface area contributed by atoms with E-state index in [1.165, 1.54) is 0 Å². The minimum atomic E-state index is -5.08. The fourth-order valence-electron chi connectivity index (χ4n) is 3.52. The van der Waals surface area contributed by atoms with Crippen molar-refractivity contribution in [2.45, 2.75) is 43.4 Å². The van der Waals surface area contributed by atoms with Gasteiger partial charge in [0, 0.05) is 31.0 Å². The maximum absolute atomic E-state index is 12.2. The van der Waals surface area contributed by atoms with Gasteiger partial charge in [0.1, 0.15) is 0 Å². The van der Waals surface area contributed by atoms with Crippen molar-refractivity contribution in [2.24, 2.45) is 11.8 Å². The lowest BCUT2D eigenvalue weighted by atomic mass is 9.92. The number of aliphatic carboxylic acids is 1. The van der Waals surface area contributed by atoms with Gasteiger partial charge in [-0.1, -0.05) is 13.0 Å². The van der Waals surface area contributed by atoms with Crippen LogP contribution < -0.4 is 0 Å². The van der Waals surface area contributed by atoms with Crippen LogP contribution in [-0.2, 0) is 20.9 Å². The number of nitrogens with zero attached hydrogens (tertiary/aromatic N) is 2. The number of ether oxygens (including phenoxy) is 1. The van der Waals surface area contributed by atoms with Crippen molar-refractivity contribution in [3.63, 3.8) is 0 Å². The first-order chi connectivity index (χ1) is 13.6. The third kappa shape index (κ3) is 5.63. The smallest absolute Gasteiger partial charge is 0.475 e. The first-order valence-corrected chi connectivity index (χ1v) is 10.3. The molecule has 2 aliphatic heterocycles. The summed E-state index contributed by atoms with van der Waals surface area (Å²) in [5.74, 6) is -0.409. The Morgan fingerprint density at radius 3 is 2.55 bits per heavy atom. The fourth-order valence-corrected chi connectivity index (χ4v) is 5.07. The van der Waals surface area contributed by atoms with E-state index in [1.807, 2.05) is 30.0 Å². The van der Waals surface area contributed by atoms with Crippen molar-refractivity contribution >= 4 is 23.6 Å². The Bertz CT molecular complexity index is 741. The van der Waals surface area contributed by atoms with Crippen LogP contribution in [0.1, 0.15) is 25.5 Å². The SMILES string of the molecule is CC1CC1C(=O)N1CC2(CC(OCc3ccccn3)CS2)C1.O=C(O)C(F)(F)F. The predicted molar refractivity (Wildman–Crippen MR) is 100 cm³/mol. The fraction of sp³-hybridized carbons (Fsp3) is 0.632. The quantitative estimate of drug-likeness (QED) is 0.788. The Balaban J connectivity index is 0.000000298. The summed E-state index contributed by atoms with van der Waals surface area (Å²) < 4.78 is 38.0. The highest BCUT2D eigenvalue weighted by Crippen LogP contribution is 2.48. The third-order valence-corrected chi connectivity index (χ3v) is 6.88. The summed E-state index contributed by atoms with van der Waals surface area (Å²) in [6, 6.07) is 5.91. The van der Waals surface area contributed by atoms with Crippen LogP contribution in [0.2, 0.25) is 0 Å². The van der Waals surface area contributed by atoms with Crippen molar-refractivity contribution in [1.29, 1.82) is 0 Å². The van der Waals surface area contributed by atoms with Gasteiger partial charge in [-0.15, -0.1) is 11.8 Å². The molecule has 3 fully saturated rings. The number of hydrogen-bond donors (Lipinski definition) is 1. The molecule has 1 aromatic rings. The molecule has 0 aromatic carbocycles. The van der Waals surface area contributed by atoms with Gasteiger partial charge in [-0.2, -0.15) is 13.2 Å². The number of carbonyl (C=O) groups excluding carboxylic acids is 1. The molecule has 29 heavy (non-hydrogen) atoms. The van der Waals surface area contributed by atoms with Crippen LogP contribution in [0.5, 0.6) is 0 Å². The Labute approximate surface area is 170 Å². The lowest BCUT2D eigenvalue weighted by Crippen LogP contribution is -2.61. The Morgan fingerprint density at radius 2 is 2.03 bits per heavy atom. The molecule has 160 valence electrons. The van der Waals surface area contributed by atoms with Gasteiger partial charge in [0.2, 0.25) is 5.91 Å². The zero-order valence-corrected chi connectivity index (χ0v) is 16.7. The molecule has 0 radical (unpaired) electrons. The topological polar surface area (TPSA) is 79.7 Å². The van der Waals surface area contributed by atoms with Gasteiger partial charge in [0.15, 0.2) is 0 Å². The van der Waals surface area contributed by atoms with Gasteiger partial charge >= 0.3 is 12.1 Å². The molecule has 3 aliphatic rings. The van der Waals surface area contributed by atoms with Crippen LogP contribution >= 0.6 is 11.8 Å². The van der Waals surface area contributed by atoms with Gasteiger partial charge in [0.05, 0.1) is 23.2 Å². The Morgan fingerprint density at radius 1 is 1.38 bits per heavy atom. The normalized spacial score (nSPS) is 27.0. The largest absolute Gasteiger partial charge is 0.490 e. The average molecular weight is 432 g/mol. The van der Waals surface area contributed by atoms with Crippen LogP contribution in [-0.4, -0.2) is 62.7 Å². The predicted octanol–water partition coefficient (Wildman–Crippen LogP) is 2.97. The standard InChI is InChI=1S/C17H22N2O2S.C2HF3O2/c1-12-6-15(12)16(20)19-10-17(11-19)7-14(9-22-17)21-8-13-4-2-3-5-18-13;3-2(4,5)1(6)7/h2-5,12,14-15H,6-11H2,1H3;(H,6,7). The number of carbonyl (C=O) groups is 2. The molecule has 6 nitrogen and oxygen atoms in total. The van der Waals surface area contributed by atoms with E-state index in [9.17, 15) is 18.0 Å². The highest BCUT2D eigenvalue weighted by molar-refractivity contribution is 8.01. The summed E-state index contributed by atoms with van der Waals surface area (Å²) in [5.41, 5.74) is 0.988. The number of aromatic nitrogens is 1. The van der Waals surface area contributed by atoms with Crippen molar-refractivity contribution in [3.8, 4) is 0 Å². The number of hydrogen-bond acceptors (Lipinski definition) is 5. The summed E-state index contributed by atoms with van der Waals surface area (Å²) in [7, 11) is 0. The van der Waals surface area contributed by atoms with Gasteiger partial charge in [-0.3, -0.25) is 9.78 Å². The zero-order valence-electron chi connectivity index (χ0n) is 15.9. The van der Waals surface area contributed by atoms with E-state index in [-0.39, 0.29) is 4.75 Å². The number of alkyl halides is 3. The summed E-state index contributed by atoms with van der Waals surface area (Å²) in [6.45, 7) is 4.60. The first kappa shape index (κ1) is 21.9. The highest BCUT2D eigenvalue weighted by atomic mass is 32.2. The van der Waals surface area contributed by atoms with Crippen LogP contribution in [0.4, 0.5) is 13.2 Å². The number of amides is 1. The summed E-state index contributed by atoms with van der Waals surface area (Å²) in [6.07, 6.45) is -0.832. The molecule has 10 heteroatoms. The van der Waals surface area contributed by atoms with Crippen molar-refractivity contribution in [2.75, 3.05) is 18.8 Å². The summed E-state index contributed by atoms with van der Waals surface area (Å²) in [5, 5.41) is 7.12. The van der Waals surface area contributed by atoms with Crippen molar-refractivity contribution < 1.29 is 32.6 Å². The van der Waals surface area contributed by atoms with E-state index in [0.29, 0.717) is 30.5 Å². The number of carboxylic acids is 1. The summed E-state index contributed by atoms with van der Waals surface area (Å²) in [4.78, 5) is 27.5. The molecule has 3 heterocycles. The molecule has 3 atom stereocenters. The zero-order chi connectivity index (χ0) is 21.2. The molecule has 1 aliphatic carbocycles. The number of halogens is 3. The number of thioether (sulfide) groups is 1. The number of rotatable bonds is 4. The minimum Gasteiger partial charge on any atom is -0.475 e. The number of likely N-dealkylation sites (tertiary alicyclic amines) is 1. The molecular formula is C19H23F3N2O4S. The maximum Gasteiger partial charge on any atom is 0.490 e. The van der Waals surface area contributed by atoms with Gasteiger partial charge < -0.3 is 14.7 Å². The van der Waals surface area contributed by atoms with Crippen LogP contribution in [0.15, 0.2) is 24.4 Å². The molecule has 1 amide bonds. The van der Waals surface area contributed by atoms with Gasteiger partial charge in [-0.25, -0.2) is 4.79 Å². The van der Waals surface area contributed by atoms with Crippen LogP contribution in [0, 0.1) is 11.8 Å². The lowest BCUT2D eigenvalue weighted by molar-refractivity contribution is -0.192. The monoisotopic (exact) mass is 432 g/mol. The lowest BCUT2D eigenvalue weighted by Gasteiger charge is -2.47. The third-order valence-electron chi connectivity index (χ3n) is 5.31. The van der Waals surface area contributed by atoms with E-state index < -0.39 is 12.1 Å². The van der Waals surface area contributed by atoms with Crippen LogP contribution in [0.3, 0.4) is 0 Å². The Kier molecular flexibility index (Phi) is 6.42. The summed E-state index contributed by atoms with van der Waals surface area (Å²) >= 11 is 1.99. The Hall–Kier alpha value is -1.81. The van der Waals surface area contributed by atoms with Crippen molar-refractivity contribution in [1.82, 2.24) is 9.88 Å². The van der Waals surface area contributed by atoms with E-state index in [0.717, 1.165) is 37.4 Å². The van der Waals surface area contributed by atoms with Gasteiger partial charge in [-0.05, 0) is 30.9 Å². The first-order valence-electron chi connectivity index (χ1n) is 9.34. The number of carboxylic acid groups (broad SMARTS) is 1. The molecule has 1 N–H and O–H groups in total. The van der Waals surface area contributed by atoms with Gasteiger partial charge in [0.25, 0.3) is 0 Å². The number of pyridine rings is 1. The van der Waals surface area contributed by atoms with E-state index in [4.69, 9.17) is 14.6 Å². The average Bonchev–Trinajstić information content (AvgIpc) is 3.21. The molecule has 4 rings (SSSR count). The highest BCUT2D eigenvalue weighted by Gasteiger charge is 2.53. The van der Waals surface area contributed by atoms with Crippen molar-refractivity contribution in [3.05, 3.63) is 30.1 Å². The van der Waals surface area contributed by atoms with E-state index >= 15 is 0 Å². The van der Waals surface area contributed by atoms with E-state index in [2.05, 4.69) is 16.8 Å². The second-order valence-electron chi connectivity index (χ2n) is 7.77. The second kappa shape index (κ2) is 8.51. The maximum atomic E-state index is 12.2. The second-order valence-corrected chi connectivity index (χ2v) is 9.26. The molecular weight excluding hydrogens is 409 g/mol. The molecule has 1 aromatic heterocycles. The molecule has 1 saturated carbocycles. The molecule has 0 bridgehead atoms. The molecule has 2 saturated heterocycles. The molecule has 1 spiro atoms. The minimum absolute atomic E-state index is 0.266.